The van der Waals surface area contributed by atoms with Gasteiger partial charge in [-0.15, -0.1) is 0 Å². The number of hydrogen-bond acceptors (Lipinski definition) is 7. The monoisotopic (exact) mass is 448 g/mol. The summed E-state index contributed by atoms with van der Waals surface area (Å²) in [5.74, 6) is -0.0531. The van der Waals surface area contributed by atoms with Crippen LogP contribution in [0.5, 0.6) is 0 Å². The van der Waals surface area contributed by atoms with Crippen LogP contribution >= 0.6 is 0 Å². The van der Waals surface area contributed by atoms with Crippen molar-refractivity contribution in [2.24, 2.45) is 7.05 Å². The van der Waals surface area contributed by atoms with Crippen molar-refractivity contribution in [1.82, 2.24) is 24.6 Å². The molecule has 1 aliphatic heterocycles. The second kappa shape index (κ2) is 9.61. The number of aryl methyl sites for hydroxylation is 1. The van der Waals surface area contributed by atoms with Crippen LogP contribution in [0.1, 0.15) is 12.0 Å². The summed E-state index contributed by atoms with van der Waals surface area (Å²) in [7, 11) is 3.87. The molecule has 0 spiro atoms. The van der Waals surface area contributed by atoms with Gasteiger partial charge in [0, 0.05) is 43.8 Å². The molecule has 3 aromatic rings. The molecule has 0 unspecified atom stereocenters. The molecule has 10 heteroatoms. The number of benzene rings is 1. The van der Waals surface area contributed by atoms with E-state index < -0.39 is 5.82 Å². The molecule has 33 heavy (non-hydrogen) atoms. The predicted molar refractivity (Wildman–Crippen MR) is 127 cm³/mol. The van der Waals surface area contributed by atoms with Gasteiger partial charge in [0.25, 0.3) is 0 Å². The normalized spacial score (nSPS) is 13.8. The van der Waals surface area contributed by atoms with E-state index in [4.69, 9.17) is 0 Å². The quantitative estimate of drug-likeness (QED) is 0.474. The molecule has 0 saturated carbocycles. The number of carbonyl (C=O) groups is 1. The Balaban J connectivity index is 1.69. The second-order valence-electron chi connectivity index (χ2n) is 7.74. The van der Waals surface area contributed by atoms with E-state index in [-0.39, 0.29) is 11.6 Å². The average molecular weight is 449 g/mol. The third-order valence-corrected chi connectivity index (χ3v) is 5.18. The number of anilines is 5. The summed E-state index contributed by atoms with van der Waals surface area (Å²) in [6, 6.07) is 4.28. The van der Waals surface area contributed by atoms with Crippen molar-refractivity contribution in [3.05, 3.63) is 66.9 Å². The number of rotatable bonds is 7. The Bertz CT molecular complexity index is 1220. The predicted octanol–water partition coefficient (Wildman–Crippen LogP) is 3.68. The highest BCUT2D eigenvalue weighted by Gasteiger charge is 2.17. The van der Waals surface area contributed by atoms with Crippen molar-refractivity contribution in [1.29, 1.82) is 0 Å². The second-order valence-corrected chi connectivity index (χ2v) is 7.74. The molecular formula is C23H25FN8O. The van der Waals surface area contributed by atoms with Crippen LogP contribution < -0.4 is 16.0 Å². The third kappa shape index (κ3) is 5.42. The fourth-order valence-corrected chi connectivity index (χ4v) is 3.42. The van der Waals surface area contributed by atoms with E-state index in [2.05, 4.69) is 55.6 Å². The van der Waals surface area contributed by atoms with E-state index in [1.165, 1.54) is 18.2 Å². The number of hydrogen-bond donors (Lipinski definition) is 3. The van der Waals surface area contributed by atoms with Gasteiger partial charge in [-0.1, -0.05) is 12.7 Å². The molecule has 0 bridgehead atoms. The molecule has 9 nitrogen and oxygen atoms in total. The molecule has 0 fully saturated rings. The molecule has 0 saturated heterocycles. The maximum absolute atomic E-state index is 14.7. The van der Waals surface area contributed by atoms with Gasteiger partial charge in [-0.05, 0) is 43.3 Å². The van der Waals surface area contributed by atoms with Crippen LogP contribution in [0.4, 0.5) is 33.2 Å². The van der Waals surface area contributed by atoms with E-state index in [1.807, 2.05) is 7.05 Å². The summed E-state index contributed by atoms with van der Waals surface area (Å²) < 4.78 is 16.3. The third-order valence-electron chi connectivity index (χ3n) is 5.18. The largest absolute Gasteiger partial charge is 0.337 e. The number of likely N-dealkylation sites (N-methyl/N-ethyl adjacent to an activating group) is 1. The summed E-state index contributed by atoms with van der Waals surface area (Å²) in [5, 5.41) is 13.0. The van der Waals surface area contributed by atoms with Gasteiger partial charge in [0.15, 0.2) is 0 Å². The molecule has 3 N–H and O–H groups in total. The first-order valence-corrected chi connectivity index (χ1v) is 10.4. The van der Waals surface area contributed by atoms with Gasteiger partial charge < -0.3 is 20.9 Å². The molecule has 1 aromatic carbocycles. The molecule has 3 heterocycles. The Labute approximate surface area is 191 Å². The summed E-state index contributed by atoms with van der Waals surface area (Å²) in [6.07, 6.45) is 9.29. The number of halogens is 1. The van der Waals surface area contributed by atoms with E-state index in [0.717, 1.165) is 42.4 Å². The molecule has 0 radical (unpaired) electrons. The smallest absolute Gasteiger partial charge is 0.247 e. The molecule has 170 valence electrons. The minimum absolute atomic E-state index is 0.178. The molecule has 1 aliphatic rings. The fraction of sp³-hybridized carbons (Fsp3) is 0.217. The first-order chi connectivity index (χ1) is 15.9. The highest BCUT2D eigenvalue weighted by molar-refractivity contribution is 5.99. The van der Waals surface area contributed by atoms with Gasteiger partial charge in [0.05, 0.1) is 17.6 Å². The topological polar surface area (TPSA) is 100 Å². The summed E-state index contributed by atoms with van der Waals surface area (Å²) in [5.41, 5.74) is 3.22. The molecule has 4 rings (SSSR count). The van der Waals surface area contributed by atoms with Crippen LogP contribution in [0.25, 0.3) is 5.57 Å². The zero-order valence-electron chi connectivity index (χ0n) is 18.5. The Morgan fingerprint density at radius 2 is 2.06 bits per heavy atom. The SMILES string of the molecule is C=CC(=O)Nc1ccc(F)c(Nc2nc(Nc3cnn(C)c3)ncc2C2=CCN(C)CC2)c1. The zero-order valence-corrected chi connectivity index (χ0v) is 18.5. The van der Waals surface area contributed by atoms with Gasteiger partial charge in [-0.3, -0.25) is 9.48 Å². The van der Waals surface area contributed by atoms with Crippen LogP contribution in [0.15, 0.2) is 55.5 Å². The van der Waals surface area contributed by atoms with Crippen molar-refractivity contribution in [2.75, 3.05) is 36.1 Å². The van der Waals surface area contributed by atoms with Crippen molar-refractivity contribution in [3.8, 4) is 0 Å². The Kier molecular flexibility index (Phi) is 6.45. The number of aromatic nitrogens is 4. The first-order valence-electron chi connectivity index (χ1n) is 10.4. The lowest BCUT2D eigenvalue weighted by molar-refractivity contribution is -0.111. The highest BCUT2D eigenvalue weighted by atomic mass is 19.1. The van der Waals surface area contributed by atoms with Gasteiger partial charge in [0.1, 0.15) is 11.6 Å². The van der Waals surface area contributed by atoms with Crippen LogP contribution in [-0.4, -0.2) is 50.7 Å². The van der Waals surface area contributed by atoms with Gasteiger partial charge in [-0.25, -0.2) is 9.37 Å². The molecule has 0 atom stereocenters. The Morgan fingerprint density at radius 1 is 1.21 bits per heavy atom. The van der Waals surface area contributed by atoms with Gasteiger partial charge >= 0.3 is 0 Å². The van der Waals surface area contributed by atoms with Crippen LogP contribution in [-0.2, 0) is 11.8 Å². The van der Waals surface area contributed by atoms with Crippen LogP contribution in [0, 0.1) is 5.82 Å². The van der Waals surface area contributed by atoms with E-state index in [9.17, 15) is 9.18 Å². The Hall–Kier alpha value is -4.05. The lowest BCUT2D eigenvalue weighted by Gasteiger charge is -2.23. The maximum Gasteiger partial charge on any atom is 0.247 e. The number of nitrogens with one attached hydrogen (secondary N) is 3. The average Bonchev–Trinajstić information content (AvgIpc) is 3.21. The van der Waals surface area contributed by atoms with E-state index in [0.29, 0.717) is 17.5 Å². The van der Waals surface area contributed by atoms with Crippen molar-refractivity contribution < 1.29 is 9.18 Å². The summed E-state index contributed by atoms with van der Waals surface area (Å²) in [6.45, 7) is 5.15. The number of amides is 1. The van der Waals surface area contributed by atoms with Crippen LogP contribution in [0.3, 0.4) is 0 Å². The van der Waals surface area contributed by atoms with Crippen LogP contribution in [0.2, 0.25) is 0 Å². The van der Waals surface area contributed by atoms with Crippen molar-refractivity contribution in [3.63, 3.8) is 0 Å². The maximum atomic E-state index is 14.7. The number of carbonyl (C=O) groups excluding carboxylic acids is 1. The van der Waals surface area contributed by atoms with Gasteiger partial charge in [-0.2, -0.15) is 10.1 Å². The summed E-state index contributed by atoms with van der Waals surface area (Å²) in [4.78, 5) is 22.9. The Morgan fingerprint density at radius 3 is 2.76 bits per heavy atom. The zero-order chi connectivity index (χ0) is 23.4. The van der Waals surface area contributed by atoms with E-state index in [1.54, 1.807) is 23.3 Å². The van der Waals surface area contributed by atoms with Crippen molar-refractivity contribution >= 4 is 40.3 Å². The molecule has 2 aromatic heterocycles. The van der Waals surface area contributed by atoms with Crippen molar-refractivity contribution in [2.45, 2.75) is 6.42 Å². The lowest BCUT2D eigenvalue weighted by Crippen LogP contribution is -2.24. The molecule has 1 amide bonds. The highest BCUT2D eigenvalue weighted by Crippen LogP contribution is 2.31. The fourth-order valence-electron chi connectivity index (χ4n) is 3.42. The lowest BCUT2D eigenvalue weighted by atomic mass is 10.0. The summed E-state index contributed by atoms with van der Waals surface area (Å²) >= 11 is 0. The molecular weight excluding hydrogens is 423 g/mol. The van der Waals surface area contributed by atoms with Gasteiger partial charge in [0.2, 0.25) is 11.9 Å². The number of nitrogens with zero attached hydrogens (tertiary/aromatic N) is 5. The molecule has 0 aliphatic carbocycles. The first kappa shape index (κ1) is 22.2. The minimum atomic E-state index is -0.477. The van der Waals surface area contributed by atoms with E-state index >= 15 is 0 Å². The standard InChI is InChI=1S/C23H25FN8O/c1-4-21(33)27-16-5-6-19(24)20(11-16)29-22-18(15-7-9-31(2)10-8-15)13-25-23(30-22)28-17-12-26-32(3)14-17/h4-7,11-14H,1,8-10H2,2-3H3,(H,27,33)(H2,25,28,29,30). The minimum Gasteiger partial charge on any atom is -0.337 e.